The van der Waals surface area contributed by atoms with E-state index in [0.717, 1.165) is 10.8 Å². The van der Waals surface area contributed by atoms with Gasteiger partial charge in [-0.25, -0.2) is 4.79 Å². The van der Waals surface area contributed by atoms with Crippen LogP contribution in [0.25, 0.3) is 10.8 Å². The average molecular weight is 470 g/mol. The summed E-state index contributed by atoms with van der Waals surface area (Å²) in [6.07, 6.45) is 0. The second-order valence-electron chi connectivity index (χ2n) is 7.76. The van der Waals surface area contributed by atoms with Crippen LogP contribution in [0.2, 0.25) is 0 Å². The largest absolute Gasteiger partial charge is 0.482 e. The summed E-state index contributed by atoms with van der Waals surface area (Å²) in [5, 5.41) is 15.6. The zero-order chi connectivity index (χ0) is 24.8. The van der Waals surface area contributed by atoms with Gasteiger partial charge in [-0.2, -0.15) is 0 Å². The van der Waals surface area contributed by atoms with Gasteiger partial charge in [-0.1, -0.05) is 48.5 Å². The molecule has 4 aromatic rings. The minimum atomic E-state index is -0.725. The zero-order valence-corrected chi connectivity index (χ0v) is 18.8. The summed E-state index contributed by atoms with van der Waals surface area (Å²) >= 11 is 0. The van der Waals surface area contributed by atoms with Crippen LogP contribution in [0.5, 0.6) is 11.5 Å². The summed E-state index contributed by atoms with van der Waals surface area (Å²) in [5.74, 6) is -0.144. The van der Waals surface area contributed by atoms with Crippen molar-refractivity contribution in [3.8, 4) is 11.5 Å². The Hall–Kier alpha value is -4.72. The summed E-state index contributed by atoms with van der Waals surface area (Å²) in [4.78, 5) is 35.4. The van der Waals surface area contributed by atoms with E-state index in [-0.39, 0.29) is 24.0 Å². The fourth-order valence-electron chi connectivity index (χ4n) is 3.79. The smallest absolute Gasteiger partial charge is 0.349 e. The molecule has 0 saturated heterocycles. The monoisotopic (exact) mass is 470 g/mol. The van der Waals surface area contributed by atoms with E-state index in [1.807, 2.05) is 36.4 Å². The molecule has 0 aliphatic rings. The van der Waals surface area contributed by atoms with Gasteiger partial charge in [0.2, 0.25) is 5.91 Å². The van der Waals surface area contributed by atoms with Crippen LogP contribution >= 0.6 is 0 Å². The molecule has 0 unspecified atom stereocenters. The molecule has 35 heavy (non-hydrogen) atoms. The molecule has 0 heterocycles. The Kier molecular flexibility index (Phi) is 7.02. The molecule has 1 N–H and O–H groups in total. The van der Waals surface area contributed by atoms with Crippen molar-refractivity contribution < 1.29 is 24.0 Å². The third kappa shape index (κ3) is 5.62. The summed E-state index contributed by atoms with van der Waals surface area (Å²) in [5.41, 5.74) is 1.08. The first-order chi connectivity index (χ1) is 16.9. The maximum atomic E-state index is 12.7. The van der Waals surface area contributed by atoms with Gasteiger partial charge in [0.25, 0.3) is 5.69 Å². The normalized spacial score (nSPS) is 11.5. The van der Waals surface area contributed by atoms with Gasteiger partial charge in [0, 0.05) is 24.6 Å². The average Bonchev–Trinajstić information content (AvgIpc) is 2.87. The van der Waals surface area contributed by atoms with Crippen molar-refractivity contribution in [3.05, 3.63) is 112 Å². The first-order valence-corrected chi connectivity index (χ1v) is 10.8. The molecule has 1 amide bonds. The number of hydrogen-bond acceptors (Lipinski definition) is 6. The number of hydrogen-bond donors (Lipinski definition) is 1. The van der Waals surface area contributed by atoms with Crippen LogP contribution in [0.4, 0.5) is 5.69 Å². The lowest BCUT2D eigenvalue weighted by Gasteiger charge is -2.23. The first kappa shape index (κ1) is 23.4. The fourth-order valence-corrected chi connectivity index (χ4v) is 3.79. The summed E-state index contributed by atoms with van der Waals surface area (Å²) in [7, 11) is 0. The molecule has 0 aliphatic carbocycles. The number of amides is 1. The Morgan fingerprint density at radius 1 is 0.914 bits per heavy atom. The van der Waals surface area contributed by atoms with Gasteiger partial charge in [0.05, 0.1) is 11.0 Å². The maximum Gasteiger partial charge on any atom is 0.349 e. The maximum absolute atomic E-state index is 12.7. The predicted octanol–water partition coefficient (Wildman–Crippen LogP) is 4.96. The van der Waals surface area contributed by atoms with Crippen molar-refractivity contribution in [2.24, 2.45) is 0 Å². The highest BCUT2D eigenvalue weighted by Gasteiger charge is 2.24. The quantitative estimate of drug-likeness (QED) is 0.169. The SMILES string of the molecule is CC(=O)N[C@H](c1ccc([N+](=O)[O-])cc1)c1c(OC(=O)COc2ccccc2)ccc2ccccc12. The van der Waals surface area contributed by atoms with Crippen molar-refractivity contribution in [2.75, 3.05) is 6.61 Å². The molecular weight excluding hydrogens is 448 g/mol. The molecule has 0 fully saturated rings. The lowest BCUT2D eigenvalue weighted by Crippen LogP contribution is -2.28. The number of rotatable bonds is 8. The number of nitrogens with one attached hydrogen (secondary N) is 1. The second kappa shape index (κ2) is 10.5. The van der Waals surface area contributed by atoms with Crippen LogP contribution in [0.1, 0.15) is 24.1 Å². The molecular formula is C27H22N2O6. The number of fused-ring (bicyclic) bond motifs is 1. The second-order valence-corrected chi connectivity index (χ2v) is 7.76. The zero-order valence-electron chi connectivity index (χ0n) is 18.8. The van der Waals surface area contributed by atoms with Crippen molar-refractivity contribution in [1.29, 1.82) is 0 Å². The van der Waals surface area contributed by atoms with E-state index in [0.29, 0.717) is 16.9 Å². The molecule has 1 atom stereocenters. The molecule has 176 valence electrons. The van der Waals surface area contributed by atoms with E-state index in [2.05, 4.69) is 5.32 Å². The Morgan fingerprint density at radius 3 is 2.29 bits per heavy atom. The summed E-state index contributed by atoms with van der Waals surface area (Å²) < 4.78 is 11.2. The van der Waals surface area contributed by atoms with Crippen LogP contribution in [0.3, 0.4) is 0 Å². The lowest BCUT2D eigenvalue weighted by atomic mass is 9.92. The van der Waals surface area contributed by atoms with Crippen LogP contribution < -0.4 is 14.8 Å². The van der Waals surface area contributed by atoms with Gasteiger partial charge in [-0.15, -0.1) is 0 Å². The molecule has 0 radical (unpaired) electrons. The van der Waals surface area contributed by atoms with Crippen molar-refractivity contribution >= 4 is 28.3 Å². The minimum absolute atomic E-state index is 0.0713. The molecule has 0 aromatic heterocycles. The third-order valence-electron chi connectivity index (χ3n) is 5.33. The number of nitro benzene ring substituents is 1. The van der Waals surface area contributed by atoms with E-state index < -0.39 is 16.9 Å². The number of ether oxygens (including phenoxy) is 2. The number of esters is 1. The van der Waals surface area contributed by atoms with Gasteiger partial charge in [0.1, 0.15) is 11.5 Å². The highest BCUT2D eigenvalue weighted by Crippen LogP contribution is 2.37. The van der Waals surface area contributed by atoms with E-state index in [1.54, 1.807) is 42.5 Å². The molecule has 4 aromatic carbocycles. The summed E-state index contributed by atoms with van der Waals surface area (Å²) in [6.45, 7) is 1.07. The van der Waals surface area contributed by atoms with Gasteiger partial charge in [0.15, 0.2) is 6.61 Å². The highest BCUT2D eigenvalue weighted by atomic mass is 16.6. The lowest BCUT2D eigenvalue weighted by molar-refractivity contribution is -0.384. The number of carbonyl (C=O) groups is 2. The molecule has 0 saturated carbocycles. The van der Waals surface area contributed by atoms with Gasteiger partial charge < -0.3 is 14.8 Å². The van der Waals surface area contributed by atoms with Crippen LogP contribution in [-0.4, -0.2) is 23.4 Å². The van der Waals surface area contributed by atoms with Crippen LogP contribution in [0.15, 0.2) is 91.0 Å². The number of benzene rings is 4. The predicted molar refractivity (Wildman–Crippen MR) is 130 cm³/mol. The molecule has 0 bridgehead atoms. The molecule has 0 aliphatic heterocycles. The van der Waals surface area contributed by atoms with Gasteiger partial charge >= 0.3 is 5.97 Å². The van der Waals surface area contributed by atoms with Gasteiger partial charge in [-0.3, -0.25) is 14.9 Å². The molecule has 0 spiro atoms. The number of non-ortho nitro benzene ring substituents is 1. The number of nitrogens with zero attached hydrogens (tertiary/aromatic N) is 1. The minimum Gasteiger partial charge on any atom is -0.482 e. The Balaban J connectivity index is 1.73. The third-order valence-corrected chi connectivity index (χ3v) is 5.33. The highest BCUT2D eigenvalue weighted by molar-refractivity contribution is 5.90. The van der Waals surface area contributed by atoms with Crippen molar-refractivity contribution in [2.45, 2.75) is 13.0 Å². The molecule has 8 heteroatoms. The standard InChI is InChI=1S/C27H22N2O6/c1-18(30)28-27(20-11-14-21(15-12-20)29(32)33)26-23-10-6-5-7-19(23)13-16-24(26)35-25(31)17-34-22-8-3-2-4-9-22/h2-16,27H,17H2,1H3,(H,28,30)/t27-/m1/s1. The summed E-state index contributed by atoms with van der Waals surface area (Å²) in [6, 6.07) is 25.0. The Labute approximate surface area is 201 Å². The topological polar surface area (TPSA) is 108 Å². The van der Waals surface area contributed by atoms with E-state index in [4.69, 9.17) is 9.47 Å². The fraction of sp³-hybridized carbons (Fsp3) is 0.111. The van der Waals surface area contributed by atoms with Gasteiger partial charge in [-0.05, 0) is 46.7 Å². The van der Waals surface area contributed by atoms with E-state index in [9.17, 15) is 19.7 Å². The molecule has 8 nitrogen and oxygen atoms in total. The van der Waals surface area contributed by atoms with Crippen LogP contribution in [0, 0.1) is 10.1 Å². The number of para-hydroxylation sites is 1. The van der Waals surface area contributed by atoms with E-state index in [1.165, 1.54) is 19.1 Å². The van der Waals surface area contributed by atoms with Crippen molar-refractivity contribution in [3.63, 3.8) is 0 Å². The number of nitro groups is 1. The first-order valence-electron chi connectivity index (χ1n) is 10.8. The Morgan fingerprint density at radius 2 is 1.60 bits per heavy atom. The van der Waals surface area contributed by atoms with Crippen LogP contribution in [-0.2, 0) is 9.59 Å². The Bertz CT molecular complexity index is 1370. The van der Waals surface area contributed by atoms with E-state index >= 15 is 0 Å². The van der Waals surface area contributed by atoms with Crippen molar-refractivity contribution in [1.82, 2.24) is 5.32 Å². The molecule has 4 rings (SSSR count). The number of carbonyl (C=O) groups excluding carboxylic acids is 2.